The molecule has 1 aromatic rings. The number of carbonyl (C=O) groups is 1. The van der Waals surface area contributed by atoms with Crippen molar-refractivity contribution in [2.24, 2.45) is 0 Å². The third-order valence-corrected chi connectivity index (χ3v) is 2.93. The Balaban J connectivity index is 2.64. The van der Waals surface area contributed by atoms with E-state index in [1.54, 1.807) is 38.1 Å². The lowest BCUT2D eigenvalue weighted by Gasteiger charge is -2.27. The fourth-order valence-corrected chi connectivity index (χ4v) is 1.63. The highest BCUT2D eigenvalue weighted by Gasteiger charge is 2.30. The molecule has 0 aliphatic heterocycles. The van der Waals surface area contributed by atoms with Crippen molar-refractivity contribution in [3.05, 3.63) is 29.3 Å². The molecule has 19 heavy (non-hydrogen) atoms. The van der Waals surface area contributed by atoms with E-state index in [2.05, 4.69) is 5.32 Å². The molecular weight excluding hydrogens is 266 g/mol. The number of rotatable bonds is 6. The molecule has 1 amide bonds. The van der Waals surface area contributed by atoms with E-state index in [4.69, 9.17) is 21.4 Å². The van der Waals surface area contributed by atoms with E-state index in [1.165, 1.54) is 0 Å². The van der Waals surface area contributed by atoms with E-state index in [9.17, 15) is 4.79 Å². The molecule has 1 unspecified atom stereocenters. The van der Waals surface area contributed by atoms with E-state index in [1.807, 2.05) is 6.92 Å². The van der Waals surface area contributed by atoms with Crippen LogP contribution in [-0.2, 0) is 4.79 Å². The van der Waals surface area contributed by atoms with Crippen LogP contribution in [0.5, 0.6) is 5.75 Å². The molecule has 2 N–H and O–H groups in total. The summed E-state index contributed by atoms with van der Waals surface area (Å²) >= 11 is 5.79. The van der Waals surface area contributed by atoms with Gasteiger partial charge in [0.2, 0.25) is 0 Å². The van der Waals surface area contributed by atoms with Crippen LogP contribution in [-0.4, -0.2) is 29.3 Å². The summed E-state index contributed by atoms with van der Waals surface area (Å²) in [6.45, 7) is 5.28. The maximum absolute atomic E-state index is 12.1. The maximum Gasteiger partial charge on any atom is 0.263 e. The molecule has 1 aromatic carbocycles. The summed E-state index contributed by atoms with van der Waals surface area (Å²) in [5, 5.41) is 12.2. The van der Waals surface area contributed by atoms with Gasteiger partial charge in [-0.1, -0.05) is 11.6 Å². The lowest BCUT2D eigenvalue weighted by molar-refractivity contribution is -0.134. The van der Waals surface area contributed by atoms with Crippen LogP contribution < -0.4 is 10.1 Å². The Labute approximate surface area is 118 Å². The summed E-state index contributed by atoms with van der Waals surface area (Å²) in [7, 11) is 0. The third-order valence-electron chi connectivity index (χ3n) is 2.67. The Morgan fingerprint density at radius 1 is 1.42 bits per heavy atom. The molecule has 106 valence electrons. The van der Waals surface area contributed by atoms with Gasteiger partial charge in [-0.3, -0.25) is 4.79 Å². The van der Waals surface area contributed by atoms with Crippen molar-refractivity contribution in [3.8, 4) is 5.75 Å². The van der Waals surface area contributed by atoms with Crippen LogP contribution >= 0.6 is 11.6 Å². The highest BCUT2D eigenvalue weighted by molar-refractivity contribution is 6.30. The van der Waals surface area contributed by atoms with E-state index in [0.717, 1.165) is 0 Å². The number of nitrogens with one attached hydrogen (secondary N) is 1. The van der Waals surface area contributed by atoms with Gasteiger partial charge in [0.1, 0.15) is 5.75 Å². The number of halogens is 1. The molecule has 0 aromatic heterocycles. The Hall–Kier alpha value is -1.26. The van der Waals surface area contributed by atoms with Gasteiger partial charge in [0.05, 0.1) is 0 Å². The second kappa shape index (κ2) is 6.78. The fraction of sp³-hybridized carbons (Fsp3) is 0.500. The van der Waals surface area contributed by atoms with Crippen molar-refractivity contribution < 1.29 is 14.6 Å². The Bertz CT molecular complexity index is 417. The van der Waals surface area contributed by atoms with E-state index in [-0.39, 0.29) is 18.6 Å². The molecule has 0 saturated carbocycles. The molecule has 1 atom stereocenters. The molecule has 0 aliphatic carbocycles. The lowest BCUT2D eigenvalue weighted by atomic mass is 10.1. The smallest absolute Gasteiger partial charge is 0.263 e. The minimum atomic E-state index is -0.989. The Morgan fingerprint density at radius 2 is 2.00 bits per heavy atom. The van der Waals surface area contributed by atoms with E-state index >= 15 is 0 Å². The predicted molar refractivity (Wildman–Crippen MR) is 75.5 cm³/mol. The van der Waals surface area contributed by atoms with Gasteiger partial charge in [0.25, 0.3) is 5.91 Å². The van der Waals surface area contributed by atoms with E-state index < -0.39 is 5.60 Å². The van der Waals surface area contributed by atoms with Gasteiger partial charge in [-0.15, -0.1) is 0 Å². The minimum absolute atomic E-state index is 0.0416. The van der Waals surface area contributed by atoms with Gasteiger partial charge in [-0.05, 0) is 51.5 Å². The minimum Gasteiger partial charge on any atom is -0.478 e. The number of amides is 1. The monoisotopic (exact) mass is 285 g/mol. The molecule has 0 bridgehead atoms. The Morgan fingerprint density at radius 3 is 2.53 bits per heavy atom. The summed E-state index contributed by atoms with van der Waals surface area (Å²) < 4.78 is 5.66. The fourth-order valence-electron chi connectivity index (χ4n) is 1.51. The largest absolute Gasteiger partial charge is 0.478 e. The number of benzene rings is 1. The summed E-state index contributed by atoms with van der Waals surface area (Å²) in [4.78, 5) is 12.1. The molecule has 0 saturated heterocycles. The quantitative estimate of drug-likeness (QED) is 0.844. The molecule has 5 heteroatoms. The molecule has 0 aliphatic rings. The summed E-state index contributed by atoms with van der Waals surface area (Å²) in [6.07, 6.45) is 0.517. The topological polar surface area (TPSA) is 58.6 Å². The summed E-state index contributed by atoms with van der Waals surface area (Å²) in [6, 6.07) is 6.76. The van der Waals surface area contributed by atoms with Crippen molar-refractivity contribution >= 4 is 17.5 Å². The first-order valence-corrected chi connectivity index (χ1v) is 6.59. The molecule has 0 fully saturated rings. The highest BCUT2D eigenvalue weighted by Crippen LogP contribution is 2.21. The summed E-state index contributed by atoms with van der Waals surface area (Å²) in [5.74, 6) is 0.364. The zero-order valence-corrected chi connectivity index (χ0v) is 12.2. The number of hydrogen-bond donors (Lipinski definition) is 2. The molecule has 0 heterocycles. The normalized spacial score (nSPS) is 12.9. The van der Waals surface area contributed by atoms with Crippen molar-refractivity contribution in [1.29, 1.82) is 0 Å². The van der Waals surface area contributed by atoms with Gasteiger partial charge in [0, 0.05) is 17.7 Å². The predicted octanol–water partition coefficient (Wildman–Crippen LogP) is 2.38. The lowest BCUT2D eigenvalue weighted by Crippen LogP contribution is -2.49. The number of carbonyl (C=O) groups excluding carboxylic acids is 1. The molecular formula is C14H20ClNO3. The standard InChI is InChI=1S/C14H20ClNO3/c1-10(8-9-17)16-13(18)14(2,3)19-12-6-4-11(15)5-7-12/h4-7,10,17H,8-9H2,1-3H3,(H,16,18). The number of ether oxygens (including phenoxy) is 1. The van der Waals surface area contributed by atoms with Crippen LogP contribution in [0.3, 0.4) is 0 Å². The van der Waals surface area contributed by atoms with Crippen LogP contribution in [0.4, 0.5) is 0 Å². The van der Waals surface area contributed by atoms with Crippen molar-refractivity contribution in [2.75, 3.05) is 6.61 Å². The van der Waals surface area contributed by atoms with Crippen LogP contribution in [0.15, 0.2) is 24.3 Å². The van der Waals surface area contributed by atoms with Gasteiger partial charge in [-0.25, -0.2) is 0 Å². The number of hydrogen-bond acceptors (Lipinski definition) is 3. The zero-order chi connectivity index (χ0) is 14.5. The molecule has 0 radical (unpaired) electrons. The van der Waals surface area contributed by atoms with Gasteiger partial charge < -0.3 is 15.2 Å². The van der Waals surface area contributed by atoms with Crippen molar-refractivity contribution in [1.82, 2.24) is 5.32 Å². The van der Waals surface area contributed by atoms with Crippen molar-refractivity contribution in [3.63, 3.8) is 0 Å². The Kier molecular flexibility index (Phi) is 5.63. The first kappa shape index (κ1) is 15.8. The van der Waals surface area contributed by atoms with Gasteiger partial charge >= 0.3 is 0 Å². The first-order chi connectivity index (χ1) is 8.85. The van der Waals surface area contributed by atoms with Crippen LogP contribution in [0, 0.1) is 0 Å². The molecule has 1 rings (SSSR count). The number of aliphatic hydroxyl groups is 1. The third kappa shape index (κ3) is 5.09. The van der Waals surface area contributed by atoms with Crippen LogP contribution in [0.2, 0.25) is 5.02 Å². The zero-order valence-electron chi connectivity index (χ0n) is 11.4. The van der Waals surface area contributed by atoms with Crippen LogP contribution in [0.1, 0.15) is 27.2 Å². The molecule has 4 nitrogen and oxygen atoms in total. The highest BCUT2D eigenvalue weighted by atomic mass is 35.5. The van der Waals surface area contributed by atoms with Gasteiger partial charge in [-0.2, -0.15) is 0 Å². The van der Waals surface area contributed by atoms with E-state index in [0.29, 0.717) is 17.2 Å². The average Bonchev–Trinajstić information content (AvgIpc) is 2.32. The van der Waals surface area contributed by atoms with Crippen molar-refractivity contribution in [2.45, 2.75) is 38.8 Å². The molecule has 0 spiro atoms. The number of aliphatic hydroxyl groups excluding tert-OH is 1. The second-order valence-corrected chi connectivity index (χ2v) is 5.39. The average molecular weight is 286 g/mol. The SMILES string of the molecule is CC(CCO)NC(=O)C(C)(C)Oc1ccc(Cl)cc1. The van der Waals surface area contributed by atoms with Gasteiger partial charge in [0.15, 0.2) is 5.60 Å². The maximum atomic E-state index is 12.1. The van der Waals surface area contributed by atoms with Crippen LogP contribution in [0.25, 0.3) is 0 Å². The first-order valence-electron chi connectivity index (χ1n) is 6.21. The summed E-state index contributed by atoms with van der Waals surface area (Å²) in [5.41, 5.74) is -0.989. The second-order valence-electron chi connectivity index (χ2n) is 4.95.